The Balaban J connectivity index is 2.02. The maximum atomic E-state index is 13.9. The highest BCUT2D eigenvalue weighted by atomic mass is 16.6. The second kappa shape index (κ2) is 9.67. The maximum absolute atomic E-state index is 13.9. The lowest BCUT2D eigenvalue weighted by Crippen LogP contribution is -2.59. The predicted molar refractivity (Wildman–Crippen MR) is 119 cm³/mol. The van der Waals surface area contributed by atoms with Gasteiger partial charge in [-0.2, -0.15) is 0 Å². The van der Waals surface area contributed by atoms with Gasteiger partial charge in [-0.25, -0.2) is 0 Å². The van der Waals surface area contributed by atoms with Crippen molar-refractivity contribution < 1.29 is 29.0 Å². The first kappa shape index (κ1) is 25.0. The summed E-state index contributed by atoms with van der Waals surface area (Å²) in [5.41, 5.74) is -1.90. The van der Waals surface area contributed by atoms with E-state index in [1.165, 1.54) is 0 Å². The molecule has 0 aromatic carbocycles. The Morgan fingerprint density at radius 1 is 1.28 bits per heavy atom. The molecule has 0 aliphatic carbocycles. The molecule has 7 atom stereocenters. The topological polar surface area (TPSA) is 105 Å². The van der Waals surface area contributed by atoms with Gasteiger partial charge in [-0.05, 0) is 39.0 Å². The van der Waals surface area contributed by atoms with Gasteiger partial charge in [-0.15, -0.1) is 0 Å². The average Bonchev–Trinajstić information content (AvgIpc) is 3.33. The fourth-order valence-corrected chi connectivity index (χ4v) is 6.11. The van der Waals surface area contributed by atoms with Crippen LogP contribution in [0.5, 0.6) is 0 Å². The lowest BCUT2D eigenvalue weighted by molar-refractivity contribution is -0.160. The molecule has 2 unspecified atom stereocenters. The largest absolute Gasteiger partial charge is 0.466 e. The third kappa shape index (κ3) is 3.83. The molecule has 2 bridgehead atoms. The molecule has 32 heavy (non-hydrogen) atoms. The van der Waals surface area contributed by atoms with E-state index in [0.29, 0.717) is 19.4 Å². The predicted octanol–water partition coefficient (Wildman–Crippen LogP) is 2.03. The highest BCUT2D eigenvalue weighted by Gasteiger charge is 2.78. The van der Waals surface area contributed by atoms with Gasteiger partial charge in [-0.3, -0.25) is 14.4 Å². The minimum Gasteiger partial charge on any atom is -0.466 e. The van der Waals surface area contributed by atoms with Crippen LogP contribution in [0.4, 0.5) is 0 Å². The third-order valence-corrected chi connectivity index (χ3v) is 7.93. The zero-order valence-corrected chi connectivity index (χ0v) is 20.2. The fraction of sp³-hybridized carbons (Fsp3) is 0.875. The Bertz CT molecular complexity index is 729. The summed E-state index contributed by atoms with van der Waals surface area (Å²) in [5.74, 6) is -2.51. The number of carbonyl (C=O) groups excluding carboxylic acids is 3. The first-order chi connectivity index (χ1) is 15.2. The fourth-order valence-electron chi connectivity index (χ4n) is 6.11. The molecule has 3 aliphatic heterocycles. The normalized spacial score (nSPS) is 35.0. The van der Waals surface area contributed by atoms with Gasteiger partial charge in [0.15, 0.2) is 0 Å². The monoisotopic (exact) mass is 452 g/mol. The summed E-state index contributed by atoms with van der Waals surface area (Å²) in [7, 11) is 0. The number of esters is 1. The van der Waals surface area contributed by atoms with E-state index in [4.69, 9.17) is 9.47 Å². The van der Waals surface area contributed by atoms with E-state index in [9.17, 15) is 19.5 Å². The molecule has 182 valence electrons. The first-order valence-corrected chi connectivity index (χ1v) is 12.3. The molecule has 3 aliphatic rings. The van der Waals surface area contributed by atoms with E-state index in [0.717, 1.165) is 25.7 Å². The van der Waals surface area contributed by atoms with Crippen LogP contribution in [0, 0.1) is 17.8 Å². The Labute approximate surface area is 191 Å². The Morgan fingerprint density at radius 3 is 2.59 bits per heavy atom. The summed E-state index contributed by atoms with van der Waals surface area (Å²) in [6, 6.07) is -1.38. The molecule has 3 saturated heterocycles. The SMILES string of the molecule is CCCCCNC(=O)C1N([C@@H](CO)[C@@H](C)CC)C(=O)[C@@H]2[C@H](C(=O)OCC)[C@]3(C)CCC12O3. The number of carbonyl (C=O) groups is 3. The summed E-state index contributed by atoms with van der Waals surface area (Å²) in [6.07, 6.45) is 4.76. The second-order valence-corrected chi connectivity index (χ2v) is 9.86. The number of likely N-dealkylation sites (tertiary alicyclic amines) is 1. The Morgan fingerprint density at radius 2 is 2.00 bits per heavy atom. The van der Waals surface area contributed by atoms with Gasteiger partial charge in [0.1, 0.15) is 17.6 Å². The van der Waals surface area contributed by atoms with Gasteiger partial charge < -0.3 is 24.8 Å². The number of aliphatic hydroxyl groups is 1. The molecule has 0 radical (unpaired) electrons. The van der Waals surface area contributed by atoms with Gasteiger partial charge in [0.05, 0.1) is 30.8 Å². The molecule has 1 spiro atoms. The molecule has 2 amide bonds. The molecule has 0 saturated carbocycles. The zero-order valence-electron chi connectivity index (χ0n) is 20.2. The molecule has 0 aromatic heterocycles. The number of hydrogen-bond acceptors (Lipinski definition) is 6. The van der Waals surface area contributed by atoms with Crippen LogP contribution in [0.3, 0.4) is 0 Å². The van der Waals surface area contributed by atoms with E-state index in [1.807, 2.05) is 20.8 Å². The van der Waals surface area contributed by atoms with Crippen LogP contribution < -0.4 is 5.32 Å². The van der Waals surface area contributed by atoms with Crippen LogP contribution in [-0.2, 0) is 23.9 Å². The van der Waals surface area contributed by atoms with Crippen molar-refractivity contribution in [3.05, 3.63) is 0 Å². The molecule has 8 nitrogen and oxygen atoms in total. The van der Waals surface area contributed by atoms with Crippen LogP contribution in [0.1, 0.15) is 73.1 Å². The van der Waals surface area contributed by atoms with Gasteiger partial charge >= 0.3 is 5.97 Å². The van der Waals surface area contributed by atoms with Gasteiger partial charge in [0, 0.05) is 6.54 Å². The van der Waals surface area contributed by atoms with Crippen molar-refractivity contribution in [2.75, 3.05) is 19.8 Å². The minimum atomic E-state index is -1.07. The van der Waals surface area contributed by atoms with E-state index in [-0.39, 0.29) is 30.9 Å². The van der Waals surface area contributed by atoms with E-state index >= 15 is 0 Å². The molecule has 2 N–H and O–H groups in total. The number of ether oxygens (including phenoxy) is 2. The number of rotatable bonds is 11. The summed E-state index contributed by atoms with van der Waals surface area (Å²) in [4.78, 5) is 41.9. The average molecular weight is 453 g/mol. The van der Waals surface area contributed by atoms with E-state index in [2.05, 4.69) is 12.2 Å². The summed E-state index contributed by atoms with van der Waals surface area (Å²) in [5, 5.41) is 13.2. The van der Waals surface area contributed by atoms with Crippen LogP contribution in [-0.4, -0.2) is 70.8 Å². The van der Waals surface area contributed by atoms with E-state index < -0.39 is 41.1 Å². The molecular weight excluding hydrogens is 412 g/mol. The summed E-state index contributed by atoms with van der Waals surface area (Å²) < 4.78 is 11.9. The van der Waals surface area contributed by atoms with Crippen molar-refractivity contribution in [3.63, 3.8) is 0 Å². The van der Waals surface area contributed by atoms with Crippen molar-refractivity contribution in [1.82, 2.24) is 10.2 Å². The molecular formula is C24H40N2O6. The maximum Gasteiger partial charge on any atom is 0.312 e. The van der Waals surface area contributed by atoms with Crippen molar-refractivity contribution in [2.24, 2.45) is 17.8 Å². The van der Waals surface area contributed by atoms with Crippen LogP contribution >= 0.6 is 0 Å². The highest BCUT2D eigenvalue weighted by Crippen LogP contribution is 2.63. The number of aliphatic hydroxyl groups excluding tert-OH is 1. The summed E-state index contributed by atoms with van der Waals surface area (Å²) in [6.45, 7) is 10.2. The van der Waals surface area contributed by atoms with Crippen LogP contribution in [0.25, 0.3) is 0 Å². The van der Waals surface area contributed by atoms with Crippen molar-refractivity contribution in [3.8, 4) is 0 Å². The molecule has 0 aromatic rings. The lowest BCUT2D eigenvalue weighted by atomic mass is 9.66. The minimum absolute atomic E-state index is 0.0107. The first-order valence-electron chi connectivity index (χ1n) is 12.3. The molecule has 3 fully saturated rings. The highest BCUT2D eigenvalue weighted by molar-refractivity contribution is 5.98. The third-order valence-electron chi connectivity index (χ3n) is 7.93. The standard InChI is InChI=1S/C24H40N2O6/c1-6-9-10-13-25-20(28)19-24-12-11-23(5,32-24)18(22(30)31-8-3)17(24)21(29)26(19)16(14-27)15(4)7-2/h15-19,27H,6-14H2,1-5H3,(H,25,28)/t15-,16-,17-,18+,19?,23-,24?/m0/s1. The molecule has 3 rings (SSSR count). The Hall–Kier alpha value is -1.67. The summed E-state index contributed by atoms with van der Waals surface area (Å²) >= 11 is 0. The van der Waals surface area contributed by atoms with Crippen LogP contribution in [0.15, 0.2) is 0 Å². The number of hydrogen-bond donors (Lipinski definition) is 2. The lowest BCUT2D eigenvalue weighted by Gasteiger charge is -2.39. The number of fused-ring (bicyclic) bond motifs is 1. The van der Waals surface area contributed by atoms with Crippen molar-refractivity contribution in [2.45, 2.75) is 96.4 Å². The zero-order chi connectivity index (χ0) is 23.7. The van der Waals surface area contributed by atoms with Crippen molar-refractivity contribution >= 4 is 17.8 Å². The van der Waals surface area contributed by atoms with E-state index in [1.54, 1.807) is 11.8 Å². The van der Waals surface area contributed by atoms with Gasteiger partial charge in [-0.1, -0.05) is 40.0 Å². The van der Waals surface area contributed by atoms with Crippen molar-refractivity contribution in [1.29, 1.82) is 0 Å². The Kier molecular flexibility index (Phi) is 7.55. The number of amides is 2. The molecule has 8 heteroatoms. The molecule has 3 heterocycles. The quantitative estimate of drug-likeness (QED) is 0.367. The van der Waals surface area contributed by atoms with Gasteiger partial charge in [0.25, 0.3) is 0 Å². The van der Waals surface area contributed by atoms with Crippen LogP contribution in [0.2, 0.25) is 0 Å². The van der Waals surface area contributed by atoms with Gasteiger partial charge in [0.2, 0.25) is 11.8 Å². The second-order valence-electron chi connectivity index (χ2n) is 9.86. The number of nitrogens with one attached hydrogen (secondary N) is 1. The smallest absolute Gasteiger partial charge is 0.312 e. The number of unbranched alkanes of at least 4 members (excludes halogenated alkanes) is 2. The number of nitrogens with zero attached hydrogens (tertiary/aromatic N) is 1.